The summed E-state index contributed by atoms with van der Waals surface area (Å²) in [6.45, 7) is 8.68. The monoisotopic (exact) mass is 308 g/mol. The molecule has 0 aliphatic rings. The maximum Gasteiger partial charge on any atom is 0.131 e. The molecule has 1 aromatic heterocycles. The third-order valence-corrected chi connectivity index (χ3v) is 3.93. The van der Waals surface area contributed by atoms with Crippen LogP contribution in [-0.4, -0.2) is 14.9 Å². The molecule has 4 nitrogen and oxygen atoms in total. The predicted octanol–water partition coefficient (Wildman–Crippen LogP) is 3.81. The van der Waals surface area contributed by atoms with E-state index in [-0.39, 0.29) is 0 Å². The van der Waals surface area contributed by atoms with Crippen molar-refractivity contribution in [1.29, 1.82) is 0 Å². The molecule has 0 aliphatic carbocycles. The zero-order valence-corrected chi connectivity index (χ0v) is 13.6. The molecular weight excluding hydrogens is 288 g/mol. The third kappa shape index (κ3) is 3.39. The van der Waals surface area contributed by atoms with Crippen molar-refractivity contribution >= 4 is 11.6 Å². The van der Waals surface area contributed by atoms with Crippen molar-refractivity contribution in [3.05, 3.63) is 45.7 Å². The first-order valence-electron chi connectivity index (χ1n) is 7.07. The maximum atomic E-state index is 9.83. The van der Waals surface area contributed by atoms with Crippen LogP contribution >= 0.6 is 11.6 Å². The molecule has 2 rings (SSSR count). The molecule has 0 fully saturated rings. The SMILES string of the molecule is CCn1nc(C)c(Cl)c1COc1cc(C)ccc1[C@H](C)O. The molecule has 0 spiro atoms. The number of hydrogen-bond acceptors (Lipinski definition) is 3. The van der Waals surface area contributed by atoms with E-state index in [4.69, 9.17) is 16.3 Å². The number of rotatable bonds is 5. The van der Waals surface area contributed by atoms with Crippen molar-refractivity contribution in [3.63, 3.8) is 0 Å². The Morgan fingerprint density at radius 3 is 2.71 bits per heavy atom. The fourth-order valence-corrected chi connectivity index (χ4v) is 2.45. The number of benzene rings is 1. The number of hydrogen-bond donors (Lipinski definition) is 1. The highest BCUT2D eigenvalue weighted by Crippen LogP contribution is 2.28. The van der Waals surface area contributed by atoms with Crippen LogP contribution in [0.25, 0.3) is 0 Å². The molecule has 0 unspecified atom stereocenters. The number of aromatic nitrogens is 2. The van der Waals surface area contributed by atoms with Crippen LogP contribution in [0, 0.1) is 13.8 Å². The van der Waals surface area contributed by atoms with Gasteiger partial charge in [0.05, 0.1) is 22.5 Å². The predicted molar refractivity (Wildman–Crippen MR) is 83.8 cm³/mol. The summed E-state index contributed by atoms with van der Waals surface area (Å²) in [6, 6.07) is 5.77. The fourth-order valence-electron chi connectivity index (χ4n) is 2.26. The number of aliphatic hydroxyl groups is 1. The summed E-state index contributed by atoms with van der Waals surface area (Å²) in [5.74, 6) is 0.683. The van der Waals surface area contributed by atoms with E-state index in [9.17, 15) is 5.11 Å². The molecule has 1 N–H and O–H groups in total. The first-order chi connectivity index (χ1) is 9.93. The maximum absolute atomic E-state index is 9.83. The van der Waals surface area contributed by atoms with Crippen LogP contribution in [0.5, 0.6) is 5.75 Å². The minimum atomic E-state index is -0.575. The molecule has 1 heterocycles. The van der Waals surface area contributed by atoms with E-state index in [2.05, 4.69) is 5.10 Å². The minimum absolute atomic E-state index is 0.330. The Hall–Kier alpha value is -1.52. The lowest BCUT2D eigenvalue weighted by molar-refractivity contribution is 0.189. The molecule has 5 heteroatoms. The van der Waals surface area contributed by atoms with Gasteiger partial charge in [0.1, 0.15) is 12.4 Å². The largest absolute Gasteiger partial charge is 0.487 e. The smallest absolute Gasteiger partial charge is 0.131 e. The summed E-state index contributed by atoms with van der Waals surface area (Å²) in [6.07, 6.45) is -0.575. The summed E-state index contributed by atoms with van der Waals surface area (Å²) in [7, 11) is 0. The van der Waals surface area contributed by atoms with Crippen LogP contribution in [0.4, 0.5) is 0 Å². The second-order valence-corrected chi connectivity index (χ2v) is 5.55. The summed E-state index contributed by atoms with van der Waals surface area (Å²) in [5, 5.41) is 14.8. The highest BCUT2D eigenvalue weighted by molar-refractivity contribution is 6.31. The average molecular weight is 309 g/mol. The van der Waals surface area contributed by atoms with Gasteiger partial charge in [-0.05, 0) is 39.3 Å². The van der Waals surface area contributed by atoms with Gasteiger partial charge in [0.25, 0.3) is 0 Å². The van der Waals surface area contributed by atoms with Gasteiger partial charge in [0.15, 0.2) is 0 Å². The lowest BCUT2D eigenvalue weighted by Gasteiger charge is -2.15. The van der Waals surface area contributed by atoms with E-state index in [1.165, 1.54) is 0 Å². The van der Waals surface area contributed by atoms with Crippen LogP contribution in [0.15, 0.2) is 18.2 Å². The van der Waals surface area contributed by atoms with Crippen molar-refractivity contribution in [1.82, 2.24) is 9.78 Å². The van der Waals surface area contributed by atoms with Gasteiger partial charge in [0.2, 0.25) is 0 Å². The Balaban J connectivity index is 2.26. The summed E-state index contributed by atoms with van der Waals surface area (Å²) in [4.78, 5) is 0. The lowest BCUT2D eigenvalue weighted by atomic mass is 10.1. The van der Waals surface area contributed by atoms with E-state index in [0.29, 0.717) is 17.4 Å². The molecule has 0 radical (unpaired) electrons. The van der Waals surface area contributed by atoms with Crippen molar-refractivity contribution < 1.29 is 9.84 Å². The Morgan fingerprint density at radius 2 is 2.10 bits per heavy atom. The normalized spacial score (nSPS) is 12.5. The standard InChI is InChI=1S/C16H21ClN2O2/c1-5-19-14(16(17)11(3)18-19)9-21-15-8-10(2)6-7-13(15)12(4)20/h6-8,12,20H,5,9H2,1-4H3/t12-/m0/s1. The molecule has 0 saturated heterocycles. The molecule has 114 valence electrons. The second kappa shape index (κ2) is 6.50. The summed E-state index contributed by atoms with van der Waals surface area (Å²) >= 11 is 6.28. The molecule has 0 bridgehead atoms. The zero-order chi connectivity index (χ0) is 15.6. The number of halogens is 1. The number of nitrogens with zero attached hydrogens (tertiary/aromatic N) is 2. The number of aliphatic hydroxyl groups excluding tert-OH is 1. The molecule has 21 heavy (non-hydrogen) atoms. The Bertz CT molecular complexity index is 635. The molecule has 1 atom stereocenters. The van der Waals surface area contributed by atoms with Gasteiger partial charge in [-0.1, -0.05) is 23.7 Å². The Labute approximate surface area is 130 Å². The average Bonchev–Trinajstić information content (AvgIpc) is 2.71. The molecule has 1 aromatic carbocycles. The summed E-state index contributed by atoms with van der Waals surface area (Å²) < 4.78 is 7.74. The third-order valence-electron chi connectivity index (χ3n) is 3.44. The van der Waals surface area contributed by atoms with Gasteiger partial charge in [-0.25, -0.2) is 0 Å². The molecule has 0 aliphatic heterocycles. The van der Waals surface area contributed by atoms with E-state index >= 15 is 0 Å². The molecule has 0 amide bonds. The van der Waals surface area contributed by atoms with E-state index < -0.39 is 6.10 Å². The van der Waals surface area contributed by atoms with Gasteiger partial charge in [0, 0.05) is 12.1 Å². The molecule has 0 saturated carbocycles. The quantitative estimate of drug-likeness (QED) is 0.913. The first kappa shape index (κ1) is 15.9. The van der Waals surface area contributed by atoms with Crippen LogP contribution in [-0.2, 0) is 13.2 Å². The number of ether oxygens (including phenoxy) is 1. The zero-order valence-electron chi connectivity index (χ0n) is 12.9. The van der Waals surface area contributed by atoms with Crippen molar-refractivity contribution in [2.24, 2.45) is 0 Å². The fraction of sp³-hybridized carbons (Fsp3) is 0.438. The Kier molecular flexibility index (Phi) is 4.91. The highest BCUT2D eigenvalue weighted by Gasteiger charge is 2.15. The summed E-state index contributed by atoms with van der Waals surface area (Å²) in [5.41, 5.74) is 3.52. The second-order valence-electron chi connectivity index (χ2n) is 5.17. The number of aryl methyl sites for hydroxylation is 3. The van der Waals surface area contributed by atoms with Crippen molar-refractivity contribution in [2.75, 3.05) is 0 Å². The minimum Gasteiger partial charge on any atom is -0.487 e. The molecular formula is C16H21ClN2O2. The van der Waals surface area contributed by atoms with Gasteiger partial charge in [-0.3, -0.25) is 4.68 Å². The lowest BCUT2D eigenvalue weighted by Crippen LogP contribution is -2.08. The van der Waals surface area contributed by atoms with E-state index in [0.717, 1.165) is 29.1 Å². The highest BCUT2D eigenvalue weighted by atomic mass is 35.5. The van der Waals surface area contributed by atoms with Crippen LogP contribution in [0.2, 0.25) is 5.02 Å². The first-order valence-corrected chi connectivity index (χ1v) is 7.45. The van der Waals surface area contributed by atoms with Gasteiger partial charge in [-0.2, -0.15) is 5.10 Å². The molecule has 2 aromatic rings. The van der Waals surface area contributed by atoms with Crippen molar-refractivity contribution in [2.45, 2.75) is 47.0 Å². The topological polar surface area (TPSA) is 47.3 Å². The van der Waals surface area contributed by atoms with Gasteiger partial charge >= 0.3 is 0 Å². The van der Waals surface area contributed by atoms with E-state index in [1.807, 2.05) is 43.7 Å². The van der Waals surface area contributed by atoms with E-state index in [1.54, 1.807) is 6.92 Å². The Morgan fingerprint density at radius 1 is 1.38 bits per heavy atom. The van der Waals surface area contributed by atoms with Crippen LogP contribution < -0.4 is 4.74 Å². The van der Waals surface area contributed by atoms with Gasteiger partial charge in [-0.15, -0.1) is 0 Å². The van der Waals surface area contributed by atoms with Gasteiger partial charge < -0.3 is 9.84 Å². The van der Waals surface area contributed by atoms with Crippen molar-refractivity contribution in [3.8, 4) is 5.75 Å². The van der Waals surface area contributed by atoms with Crippen LogP contribution in [0.1, 0.15) is 42.5 Å². The van der Waals surface area contributed by atoms with Crippen LogP contribution in [0.3, 0.4) is 0 Å².